The fraction of sp³-hybridized carbons (Fsp3) is 0.941. The summed E-state index contributed by atoms with van der Waals surface area (Å²) < 4.78 is 0. The van der Waals surface area contributed by atoms with Gasteiger partial charge in [0.05, 0.1) is 12.1 Å². The SMILES string of the molecule is CC(C)CCCC(C)NC(=O)CN1CCCC(C)(O)CC1. The van der Waals surface area contributed by atoms with Crippen molar-refractivity contribution in [2.45, 2.75) is 77.9 Å². The van der Waals surface area contributed by atoms with E-state index in [-0.39, 0.29) is 11.9 Å². The van der Waals surface area contributed by atoms with Gasteiger partial charge in [0.2, 0.25) is 5.91 Å². The van der Waals surface area contributed by atoms with Gasteiger partial charge in [0.15, 0.2) is 0 Å². The molecule has 0 bridgehead atoms. The molecule has 1 aliphatic rings. The van der Waals surface area contributed by atoms with Crippen molar-refractivity contribution in [2.75, 3.05) is 19.6 Å². The minimum atomic E-state index is -0.560. The molecule has 1 rings (SSSR count). The first-order chi connectivity index (χ1) is 9.78. The minimum Gasteiger partial charge on any atom is -0.390 e. The molecule has 124 valence electrons. The maximum absolute atomic E-state index is 12.1. The Morgan fingerprint density at radius 1 is 1.24 bits per heavy atom. The average molecular weight is 298 g/mol. The molecule has 2 unspecified atom stereocenters. The first kappa shape index (κ1) is 18.4. The molecule has 1 amide bonds. The van der Waals surface area contributed by atoms with E-state index in [0.29, 0.717) is 6.54 Å². The van der Waals surface area contributed by atoms with Gasteiger partial charge in [-0.1, -0.05) is 26.7 Å². The van der Waals surface area contributed by atoms with Gasteiger partial charge in [0.1, 0.15) is 0 Å². The molecule has 0 saturated carbocycles. The number of hydrogen-bond donors (Lipinski definition) is 2. The lowest BCUT2D eigenvalue weighted by atomic mass is 9.98. The maximum Gasteiger partial charge on any atom is 0.234 e. The lowest BCUT2D eigenvalue weighted by Crippen LogP contribution is -2.41. The smallest absolute Gasteiger partial charge is 0.234 e. The highest BCUT2D eigenvalue weighted by atomic mass is 16.3. The zero-order chi connectivity index (χ0) is 15.9. The van der Waals surface area contributed by atoms with Crippen molar-refractivity contribution in [2.24, 2.45) is 5.92 Å². The van der Waals surface area contributed by atoms with Gasteiger partial charge in [-0.25, -0.2) is 0 Å². The van der Waals surface area contributed by atoms with Crippen LogP contribution in [0.4, 0.5) is 0 Å². The largest absolute Gasteiger partial charge is 0.390 e. The molecule has 1 aliphatic heterocycles. The summed E-state index contributed by atoms with van der Waals surface area (Å²) in [6.45, 7) is 10.6. The quantitative estimate of drug-likeness (QED) is 0.759. The number of aliphatic hydroxyl groups is 1. The Morgan fingerprint density at radius 2 is 1.95 bits per heavy atom. The molecular weight excluding hydrogens is 264 g/mol. The molecule has 1 heterocycles. The molecule has 0 aromatic carbocycles. The third-order valence-corrected chi connectivity index (χ3v) is 4.35. The highest BCUT2D eigenvalue weighted by molar-refractivity contribution is 5.78. The topological polar surface area (TPSA) is 52.6 Å². The van der Waals surface area contributed by atoms with Gasteiger partial charge in [-0.05, 0) is 52.0 Å². The predicted octanol–water partition coefficient (Wildman–Crippen LogP) is 2.55. The van der Waals surface area contributed by atoms with Crippen LogP contribution >= 0.6 is 0 Å². The lowest BCUT2D eigenvalue weighted by Gasteiger charge is -2.23. The summed E-state index contributed by atoms with van der Waals surface area (Å²) in [5, 5.41) is 13.2. The van der Waals surface area contributed by atoms with Crippen LogP contribution in [0.15, 0.2) is 0 Å². The molecule has 21 heavy (non-hydrogen) atoms. The third kappa shape index (κ3) is 8.42. The molecule has 0 aromatic rings. The number of nitrogens with one attached hydrogen (secondary N) is 1. The summed E-state index contributed by atoms with van der Waals surface area (Å²) in [7, 11) is 0. The molecule has 0 spiro atoms. The Labute approximate surface area is 130 Å². The lowest BCUT2D eigenvalue weighted by molar-refractivity contribution is -0.123. The molecule has 2 N–H and O–H groups in total. The van der Waals surface area contributed by atoms with Gasteiger partial charge in [-0.3, -0.25) is 9.69 Å². The van der Waals surface area contributed by atoms with Crippen LogP contribution in [-0.2, 0) is 4.79 Å². The zero-order valence-electron chi connectivity index (χ0n) is 14.3. The molecule has 2 atom stereocenters. The summed E-state index contributed by atoms with van der Waals surface area (Å²) in [4.78, 5) is 14.2. The number of carbonyl (C=O) groups is 1. The van der Waals surface area contributed by atoms with E-state index in [1.807, 2.05) is 6.92 Å². The Bertz CT molecular complexity index is 316. The van der Waals surface area contributed by atoms with E-state index in [2.05, 4.69) is 31.0 Å². The van der Waals surface area contributed by atoms with E-state index in [4.69, 9.17) is 0 Å². The average Bonchev–Trinajstić information content (AvgIpc) is 2.50. The van der Waals surface area contributed by atoms with Crippen LogP contribution in [0, 0.1) is 5.92 Å². The van der Waals surface area contributed by atoms with Gasteiger partial charge in [-0.2, -0.15) is 0 Å². The molecule has 1 saturated heterocycles. The van der Waals surface area contributed by atoms with E-state index in [9.17, 15) is 9.90 Å². The minimum absolute atomic E-state index is 0.119. The normalized spacial score (nSPS) is 25.6. The molecule has 4 nitrogen and oxygen atoms in total. The summed E-state index contributed by atoms with van der Waals surface area (Å²) in [6.07, 6.45) is 6.00. The van der Waals surface area contributed by atoms with Crippen LogP contribution in [0.25, 0.3) is 0 Å². The van der Waals surface area contributed by atoms with Crippen LogP contribution in [0.5, 0.6) is 0 Å². The van der Waals surface area contributed by atoms with E-state index >= 15 is 0 Å². The van der Waals surface area contributed by atoms with Crippen LogP contribution in [0.3, 0.4) is 0 Å². The Balaban J connectivity index is 2.23. The van der Waals surface area contributed by atoms with E-state index < -0.39 is 5.60 Å². The van der Waals surface area contributed by atoms with Gasteiger partial charge in [0.25, 0.3) is 0 Å². The van der Waals surface area contributed by atoms with Gasteiger partial charge in [0, 0.05) is 12.6 Å². The summed E-state index contributed by atoms with van der Waals surface area (Å²) in [5.74, 6) is 0.853. The fourth-order valence-electron chi connectivity index (χ4n) is 2.91. The van der Waals surface area contributed by atoms with E-state index in [0.717, 1.165) is 44.7 Å². The van der Waals surface area contributed by atoms with Crippen molar-refractivity contribution in [3.8, 4) is 0 Å². The predicted molar refractivity (Wildman–Crippen MR) is 87.2 cm³/mol. The van der Waals surface area contributed by atoms with Crippen LogP contribution in [0.1, 0.15) is 66.2 Å². The maximum atomic E-state index is 12.1. The first-order valence-electron chi connectivity index (χ1n) is 8.52. The number of rotatable bonds is 7. The molecular formula is C17H34N2O2. The number of likely N-dealkylation sites (tertiary alicyclic amines) is 1. The second-order valence-corrected chi connectivity index (χ2v) is 7.42. The zero-order valence-corrected chi connectivity index (χ0v) is 14.3. The summed E-state index contributed by atoms with van der Waals surface area (Å²) in [6, 6.07) is 0.256. The molecule has 0 radical (unpaired) electrons. The number of nitrogens with zero attached hydrogens (tertiary/aromatic N) is 1. The van der Waals surface area contributed by atoms with Crippen LogP contribution in [0.2, 0.25) is 0 Å². The van der Waals surface area contributed by atoms with Crippen LogP contribution in [-0.4, -0.2) is 47.2 Å². The number of hydrogen-bond acceptors (Lipinski definition) is 3. The number of carbonyl (C=O) groups excluding carboxylic acids is 1. The Kier molecular flexibility index (Phi) is 7.67. The summed E-state index contributed by atoms with van der Waals surface area (Å²) in [5.41, 5.74) is -0.560. The van der Waals surface area contributed by atoms with E-state index in [1.165, 1.54) is 12.8 Å². The highest BCUT2D eigenvalue weighted by Crippen LogP contribution is 2.21. The van der Waals surface area contributed by atoms with Gasteiger partial charge in [-0.15, -0.1) is 0 Å². The molecule has 0 aromatic heterocycles. The third-order valence-electron chi connectivity index (χ3n) is 4.35. The van der Waals surface area contributed by atoms with Crippen LogP contribution < -0.4 is 5.32 Å². The fourth-order valence-corrected chi connectivity index (χ4v) is 2.91. The standard InChI is InChI=1S/C17H34N2O2/c1-14(2)7-5-8-15(3)18-16(20)13-19-11-6-9-17(4,21)10-12-19/h14-15,21H,5-13H2,1-4H3,(H,18,20). The van der Waals surface area contributed by atoms with E-state index in [1.54, 1.807) is 0 Å². The van der Waals surface area contributed by atoms with Crippen molar-refractivity contribution in [1.82, 2.24) is 10.2 Å². The van der Waals surface area contributed by atoms with Crippen molar-refractivity contribution >= 4 is 5.91 Å². The molecule has 0 aliphatic carbocycles. The molecule has 4 heteroatoms. The van der Waals surface area contributed by atoms with Crippen molar-refractivity contribution in [1.29, 1.82) is 0 Å². The first-order valence-corrected chi connectivity index (χ1v) is 8.52. The Morgan fingerprint density at radius 3 is 2.62 bits per heavy atom. The van der Waals surface area contributed by atoms with Gasteiger partial charge >= 0.3 is 0 Å². The second kappa shape index (κ2) is 8.74. The van der Waals surface area contributed by atoms with Gasteiger partial charge < -0.3 is 10.4 Å². The van der Waals surface area contributed by atoms with Crippen molar-refractivity contribution < 1.29 is 9.90 Å². The van der Waals surface area contributed by atoms with Crippen molar-refractivity contribution in [3.63, 3.8) is 0 Å². The monoisotopic (exact) mass is 298 g/mol. The molecule has 1 fully saturated rings. The van der Waals surface area contributed by atoms with Crippen molar-refractivity contribution in [3.05, 3.63) is 0 Å². The second-order valence-electron chi connectivity index (χ2n) is 7.42. The number of amides is 1. The highest BCUT2D eigenvalue weighted by Gasteiger charge is 2.25. The summed E-state index contributed by atoms with van der Waals surface area (Å²) >= 11 is 0. The Hall–Kier alpha value is -0.610.